The van der Waals surface area contributed by atoms with Crippen LogP contribution in [0.1, 0.15) is 29.8 Å². The molecule has 0 saturated carbocycles. The molecule has 0 spiro atoms. The van der Waals surface area contributed by atoms with Crippen molar-refractivity contribution in [1.29, 1.82) is 5.26 Å². The fourth-order valence-electron chi connectivity index (χ4n) is 1.54. The number of benzene rings is 1. The van der Waals surface area contributed by atoms with Gasteiger partial charge in [0.1, 0.15) is 17.4 Å². The highest BCUT2D eigenvalue weighted by Crippen LogP contribution is 2.26. The van der Waals surface area contributed by atoms with Crippen molar-refractivity contribution in [2.24, 2.45) is 0 Å². The summed E-state index contributed by atoms with van der Waals surface area (Å²) < 4.78 is 4.86. The van der Waals surface area contributed by atoms with E-state index in [0.29, 0.717) is 0 Å². The minimum absolute atomic E-state index is 0.0410. The molecule has 0 amide bonds. The van der Waals surface area contributed by atoms with Gasteiger partial charge in [0, 0.05) is 11.6 Å². The zero-order chi connectivity index (χ0) is 15.3. The van der Waals surface area contributed by atoms with E-state index in [2.05, 4.69) is 0 Å². The van der Waals surface area contributed by atoms with E-state index in [-0.39, 0.29) is 17.2 Å². The summed E-state index contributed by atoms with van der Waals surface area (Å²) in [6.45, 7) is 3.30. The highest BCUT2D eigenvalue weighted by molar-refractivity contribution is 6.02. The van der Waals surface area contributed by atoms with Crippen molar-refractivity contribution in [3.63, 3.8) is 0 Å². The van der Waals surface area contributed by atoms with Gasteiger partial charge in [-0.1, -0.05) is 12.1 Å². The maximum atomic E-state index is 11.5. The Bertz CT molecular complexity index is 610. The van der Waals surface area contributed by atoms with E-state index >= 15 is 0 Å². The Morgan fingerprint density at radius 2 is 2.05 bits per heavy atom. The van der Waals surface area contributed by atoms with Gasteiger partial charge in [-0.15, -0.1) is 0 Å². The second-order valence-electron chi connectivity index (χ2n) is 4.16. The normalized spacial score (nSPS) is 11.0. The smallest absolute Gasteiger partial charge is 0.340 e. The average Bonchev–Trinajstić information content (AvgIpc) is 2.34. The maximum Gasteiger partial charge on any atom is 0.340 e. The fraction of sp³-hybridized carbons (Fsp3) is 0.214. The molecule has 0 aromatic heterocycles. The number of allylic oxidation sites excluding steroid dienone is 1. The molecule has 6 nitrogen and oxygen atoms in total. The summed E-state index contributed by atoms with van der Waals surface area (Å²) in [6.07, 6.45) is 0.545. The van der Waals surface area contributed by atoms with Gasteiger partial charge in [-0.05, 0) is 19.9 Å². The summed E-state index contributed by atoms with van der Waals surface area (Å²) in [6, 6.07) is 5.64. The number of carbonyl (C=O) groups excluding carboxylic acids is 1. The number of hydrogen-bond donors (Lipinski definition) is 2. The van der Waals surface area contributed by atoms with Crippen molar-refractivity contribution in [3.8, 4) is 11.8 Å². The molecule has 0 aliphatic rings. The van der Waals surface area contributed by atoms with Crippen LogP contribution in [0.3, 0.4) is 0 Å². The standard InChI is InChI=1S/C14H13NO5/c1-8(2)20-12(17)6-9(7-15)10-4-3-5-11(16)13(10)14(18)19/h3-6,8,16H,1-2H3,(H,18,19). The van der Waals surface area contributed by atoms with Crippen LogP contribution in [0.25, 0.3) is 5.57 Å². The van der Waals surface area contributed by atoms with Crippen molar-refractivity contribution >= 4 is 17.5 Å². The van der Waals surface area contributed by atoms with Crippen LogP contribution in [0.4, 0.5) is 0 Å². The molecule has 0 saturated heterocycles. The Kier molecular flexibility index (Phi) is 4.87. The number of hydrogen-bond acceptors (Lipinski definition) is 5. The predicted molar refractivity (Wildman–Crippen MR) is 69.9 cm³/mol. The zero-order valence-corrected chi connectivity index (χ0v) is 11.0. The molecule has 0 fully saturated rings. The SMILES string of the molecule is CC(C)OC(=O)C=C(C#N)c1cccc(O)c1C(=O)O. The summed E-state index contributed by atoms with van der Waals surface area (Å²) in [4.78, 5) is 22.6. The Labute approximate surface area is 115 Å². The van der Waals surface area contributed by atoms with E-state index in [1.807, 2.05) is 0 Å². The highest BCUT2D eigenvalue weighted by atomic mass is 16.5. The lowest BCUT2D eigenvalue weighted by Crippen LogP contribution is -2.09. The number of rotatable bonds is 4. The first kappa shape index (κ1) is 15.2. The van der Waals surface area contributed by atoms with Gasteiger partial charge in [0.25, 0.3) is 0 Å². The Morgan fingerprint density at radius 1 is 1.40 bits per heavy atom. The first-order chi connectivity index (χ1) is 9.36. The lowest BCUT2D eigenvalue weighted by Gasteiger charge is -2.08. The number of phenols is 1. The summed E-state index contributed by atoms with van der Waals surface area (Å²) in [5.41, 5.74) is -0.665. The third-order valence-corrected chi connectivity index (χ3v) is 2.28. The van der Waals surface area contributed by atoms with Gasteiger partial charge in [-0.25, -0.2) is 9.59 Å². The Morgan fingerprint density at radius 3 is 2.55 bits per heavy atom. The number of esters is 1. The molecule has 0 aliphatic carbocycles. The molecule has 0 heterocycles. The molecule has 6 heteroatoms. The van der Waals surface area contributed by atoms with Crippen LogP contribution in [0, 0.1) is 11.3 Å². The van der Waals surface area contributed by atoms with Crippen LogP contribution >= 0.6 is 0 Å². The first-order valence-electron chi connectivity index (χ1n) is 5.74. The van der Waals surface area contributed by atoms with Crippen molar-refractivity contribution in [2.75, 3.05) is 0 Å². The number of nitrogens with zero attached hydrogens (tertiary/aromatic N) is 1. The lowest BCUT2D eigenvalue weighted by molar-refractivity contribution is -0.141. The number of carbonyl (C=O) groups is 2. The fourth-order valence-corrected chi connectivity index (χ4v) is 1.54. The van der Waals surface area contributed by atoms with Crippen molar-refractivity contribution in [2.45, 2.75) is 20.0 Å². The number of carboxylic acid groups (broad SMARTS) is 1. The van der Waals surface area contributed by atoms with Crippen LogP contribution in [-0.4, -0.2) is 28.3 Å². The molecule has 2 N–H and O–H groups in total. The molecule has 1 aromatic carbocycles. The molecule has 0 unspecified atom stereocenters. The minimum Gasteiger partial charge on any atom is -0.507 e. The van der Waals surface area contributed by atoms with Crippen LogP contribution in [-0.2, 0) is 9.53 Å². The molecular weight excluding hydrogens is 262 g/mol. The quantitative estimate of drug-likeness (QED) is 0.494. The summed E-state index contributed by atoms with van der Waals surface area (Å²) in [7, 11) is 0. The molecule has 1 rings (SSSR count). The number of aromatic hydroxyl groups is 1. The van der Waals surface area contributed by atoms with Crippen molar-refractivity contribution < 1.29 is 24.5 Å². The maximum absolute atomic E-state index is 11.5. The molecule has 0 radical (unpaired) electrons. The molecule has 1 aromatic rings. The van der Waals surface area contributed by atoms with E-state index in [0.717, 1.165) is 6.08 Å². The van der Waals surface area contributed by atoms with Gasteiger partial charge >= 0.3 is 11.9 Å². The predicted octanol–water partition coefficient (Wildman–Crippen LogP) is 1.95. The van der Waals surface area contributed by atoms with E-state index < -0.39 is 23.3 Å². The summed E-state index contributed by atoms with van der Waals surface area (Å²) in [5, 5.41) is 27.7. The first-order valence-corrected chi connectivity index (χ1v) is 5.74. The van der Waals surface area contributed by atoms with Crippen LogP contribution < -0.4 is 0 Å². The van der Waals surface area contributed by atoms with E-state index in [1.54, 1.807) is 19.9 Å². The van der Waals surface area contributed by atoms with Gasteiger partial charge in [-0.2, -0.15) is 5.26 Å². The molecule has 20 heavy (non-hydrogen) atoms. The molecule has 0 bridgehead atoms. The van der Waals surface area contributed by atoms with Crippen molar-refractivity contribution in [1.82, 2.24) is 0 Å². The minimum atomic E-state index is -1.39. The van der Waals surface area contributed by atoms with Gasteiger partial charge in [0.05, 0.1) is 11.7 Å². The lowest BCUT2D eigenvalue weighted by atomic mass is 9.99. The van der Waals surface area contributed by atoms with E-state index in [9.17, 15) is 14.7 Å². The third kappa shape index (κ3) is 3.59. The number of aromatic carboxylic acids is 1. The van der Waals surface area contributed by atoms with Crippen LogP contribution in [0.2, 0.25) is 0 Å². The van der Waals surface area contributed by atoms with E-state index in [4.69, 9.17) is 15.1 Å². The van der Waals surface area contributed by atoms with Crippen LogP contribution in [0.5, 0.6) is 5.75 Å². The number of ether oxygens (including phenoxy) is 1. The van der Waals surface area contributed by atoms with Gasteiger partial charge < -0.3 is 14.9 Å². The second kappa shape index (κ2) is 6.38. The largest absolute Gasteiger partial charge is 0.507 e. The van der Waals surface area contributed by atoms with Gasteiger partial charge in [0.15, 0.2) is 0 Å². The highest BCUT2D eigenvalue weighted by Gasteiger charge is 2.19. The zero-order valence-electron chi connectivity index (χ0n) is 11.0. The third-order valence-electron chi connectivity index (χ3n) is 2.28. The Balaban J connectivity index is 3.31. The van der Waals surface area contributed by atoms with Crippen LogP contribution in [0.15, 0.2) is 24.3 Å². The monoisotopic (exact) mass is 275 g/mol. The van der Waals surface area contributed by atoms with Crippen molar-refractivity contribution in [3.05, 3.63) is 35.4 Å². The second-order valence-corrected chi connectivity index (χ2v) is 4.16. The Hall–Kier alpha value is -2.81. The molecule has 0 atom stereocenters. The average molecular weight is 275 g/mol. The molecular formula is C14H13NO5. The number of nitriles is 1. The van der Waals surface area contributed by atoms with E-state index in [1.165, 1.54) is 18.2 Å². The van der Waals surface area contributed by atoms with Gasteiger partial charge in [-0.3, -0.25) is 0 Å². The summed E-state index contributed by atoms with van der Waals surface area (Å²) >= 11 is 0. The molecule has 104 valence electrons. The van der Waals surface area contributed by atoms with Gasteiger partial charge in [0.2, 0.25) is 0 Å². The molecule has 0 aliphatic heterocycles. The summed E-state index contributed by atoms with van der Waals surface area (Å²) in [5.74, 6) is -2.62. The number of carboxylic acids is 1. The topological polar surface area (TPSA) is 108 Å².